The third-order valence-corrected chi connectivity index (χ3v) is 5.70. The molecule has 2 amide bonds. The molecule has 0 atom stereocenters. The summed E-state index contributed by atoms with van der Waals surface area (Å²) in [6.07, 6.45) is 2.00. The number of para-hydroxylation sites is 1. The van der Waals surface area contributed by atoms with Crippen molar-refractivity contribution < 1.29 is 19.1 Å². The predicted octanol–water partition coefficient (Wildman–Crippen LogP) is 4.60. The fourth-order valence-corrected chi connectivity index (χ4v) is 3.75. The molecule has 1 N–H and O–H groups in total. The van der Waals surface area contributed by atoms with Crippen LogP contribution in [0.2, 0.25) is 0 Å². The number of carbonyl (C=O) groups is 2. The second-order valence-corrected chi connectivity index (χ2v) is 8.37. The molecule has 0 aliphatic carbocycles. The summed E-state index contributed by atoms with van der Waals surface area (Å²) >= 11 is 3.41. The normalized spacial score (nSPS) is 14.4. The first-order chi connectivity index (χ1) is 14.5. The van der Waals surface area contributed by atoms with E-state index in [1.807, 2.05) is 23.1 Å². The number of hydrogen-bond acceptors (Lipinski definition) is 4. The van der Waals surface area contributed by atoms with E-state index in [9.17, 15) is 9.59 Å². The largest absolute Gasteiger partial charge is 0.490 e. The minimum absolute atomic E-state index is 0.0522. The fraction of sp³-hybridized carbons (Fsp3) is 0.391. The summed E-state index contributed by atoms with van der Waals surface area (Å²) in [5.41, 5.74) is 1.38. The molecule has 0 saturated carbocycles. The number of piperidine rings is 1. The number of halogens is 1. The van der Waals surface area contributed by atoms with Gasteiger partial charge in [0, 0.05) is 24.7 Å². The molecular weight excluding hydrogens is 448 g/mol. The summed E-state index contributed by atoms with van der Waals surface area (Å²) in [6, 6.07) is 12.4. The summed E-state index contributed by atoms with van der Waals surface area (Å²) in [4.78, 5) is 28.0. The first kappa shape index (κ1) is 22.3. The number of ether oxygens (including phenoxy) is 2. The second kappa shape index (κ2) is 10.6. The number of carbonyl (C=O) groups excluding carboxylic acids is 2. The SMILES string of the molecule is COCCOc1ccc(Br)cc1C(=O)Nc1ccccc1C(=O)N1CCC(C)CC1. The van der Waals surface area contributed by atoms with Crippen molar-refractivity contribution in [3.8, 4) is 5.75 Å². The third-order valence-electron chi connectivity index (χ3n) is 5.21. The van der Waals surface area contributed by atoms with Gasteiger partial charge in [0.1, 0.15) is 12.4 Å². The Bertz CT molecular complexity index is 895. The molecule has 1 aliphatic heterocycles. The van der Waals surface area contributed by atoms with Crippen molar-refractivity contribution >= 4 is 33.4 Å². The zero-order chi connectivity index (χ0) is 21.5. The average Bonchev–Trinajstić information content (AvgIpc) is 2.75. The zero-order valence-corrected chi connectivity index (χ0v) is 18.9. The smallest absolute Gasteiger partial charge is 0.259 e. The molecular formula is C23H27BrN2O4. The molecule has 7 heteroatoms. The van der Waals surface area contributed by atoms with E-state index in [0.29, 0.717) is 41.7 Å². The molecule has 30 heavy (non-hydrogen) atoms. The van der Waals surface area contributed by atoms with E-state index >= 15 is 0 Å². The molecule has 1 aliphatic rings. The van der Waals surface area contributed by atoms with Gasteiger partial charge in [-0.15, -0.1) is 0 Å². The first-order valence-electron chi connectivity index (χ1n) is 10.1. The number of rotatable bonds is 7. The number of anilines is 1. The number of likely N-dealkylation sites (tertiary alicyclic amines) is 1. The monoisotopic (exact) mass is 474 g/mol. The Morgan fingerprint density at radius 2 is 1.83 bits per heavy atom. The van der Waals surface area contributed by atoms with Gasteiger partial charge in [0.15, 0.2) is 0 Å². The van der Waals surface area contributed by atoms with Crippen LogP contribution in [-0.2, 0) is 4.74 Å². The Morgan fingerprint density at radius 1 is 1.10 bits per heavy atom. The van der Waals surface area contributed by atoms with Crippen molar-refractivity contribution in [3.05, 3.63) is 58.1 Å². The van der Waals surface area contributed by atoms with Crippen molar-refractivity contribution in [1.29, 1.82) is 0 Å². The van der Waals surface area contributed by atoms with Gasteiger partial charge in [0.2, 0.25) is 0 Å². The number of benzene rings is 2. The molecule has 2 aromatic rings. The standard InChI is InChI=1S/C23H27BrN2O4/c1-16-9-11-26(12-10-16)23(28)18-5-3-4-6-20(18)25-22(27)19-15-17(24)7-8-21(19)30-14-13-29-2/h3-8,15-16H,9-14H2,1-2H3,(H,25,27). The number of nitrogens with zero attached hydrogens (tertiary/aromatic N) is 1. The molecule has 1 fully saturated rings. The molecule has 0 bridgehead atoms. The molecule has 2 aromatic carbocycles. The van der Waals surface area contributed by atoms with Crippen molar-refractivity contribution in [1.82, 2.24) is 4.90 Å². The maximum atomic E-state index is 13.1. The van der Waals surface area contributed by atoms with Crippen molar-refractivity contribution in [3.63, 3.8) is 0 Å². The summed E-state index contributed by atoms with van der Waals surface area (Å²) in [6.45, 7) is 4.45. The van der Waals surface area contributed by atoms with Crippen LogP contribution in [0.3, 0.4) is 0 Å². The molecule has 160 valence electrons. The van der Waals surface area contributed by atoms with E-state index in [4.69, 9.17) is 9.47 Å². The van der Waals surface area contributed by atoms with E-state index in [0.717, 1.165) is 30.4 Å². The lowest BCUT2D eigenvalue weighted by Gasteiger charge is -2.30. The van der Waals surface area contributed by atoms with E-state index < -0.39 is 0 Å². The highest BCUT2D eigenvalue weighted by molar-refractivity contribution is 9.10. The van der Waals surface area contributed by atoms with E-state index in [-0.39, 0.29) is 11.8 Å². The van der Waals surface area contributed by atoms with Gasteiger partial charge in [-0.25, -0.2) is 0 Å². The first-order valence-corrected chi connectivity index (χ1v) is 10.9. The molecule has 3 rings (SSSR count). The van der Waals surface area contributed by atoms with Crippen LogP contribution >= 0.6 is 15.9 Å². The number of nitrogens with one attached hydrogen (secondary N) is 1. The van der Waals surface area contributed by atoms with E-state index in [2.05, 4.69) is 28.2 Å². The fourth-order valence-electron chi connectivity index (χ4n) is 3.39. The van der Waals surface area contributed by atoms with Crippen LogP contribution in [0.15, 0.2) is 46.9 Å². The van der Waals surface area contributed by atoms with Gasteiger partial charge in [-0.05, 0) is 49.1 Å². The van der Waals surface area contributed by atoms with Crippen LogP contribution in [0.4, 0.5) is 5.69 Å². The number of amides is 2. The topological polar surface area (TPSA) is 67.9 Å². The Labute approximate surface area is 185 Å². The Morgan fingerprint density at radius 3 is 2.57 bits per heavy atom. The minimum atomic E-state index is -0.337. The van der Waals surface area contributed by atoms with Crippen molar-refractivity contribution in [2.24, 2.45) is 5.92 Å². The molecule has 0 aromatic heterocycles. The maximum Gasteiger partial charge on any atom is 0.259 e. The maximum absolute atomic E-state index is 13.1. The van der Waals surface area contributed by atoms with Gasteiger partial charge >= 0.3 is 0 Å². The Hall–Kier alpha value is -2.38. The highest BCUT2D eigenvalue weighted by atomic mass is 79.9. The van der Waals surface area contributed by atoms with E-state index in [1.165, 1.54) is 0 Å². The zero-order valence-electron chi connectivity index (χ0n) is 17.3. The quantitative estimate of drug-likeness (QED) is 0.595. The van der Waals surface area contributed by atoms with Gasteiger partial charge < -0.3 is 19.7 Å². The molecule has 0 spiro atoms. The van der Waals surface area contributed by atoms with E-state index in [1.54, 1.807) is 31.4 Å². The molecule has 6 nitrogen and oxygen atoms in total. The third kappa shape index (κ3) is 5.61. The molecule has 1 saturated heterocycles. The highest BCUT2D eigenvalue weighted by Crippen LogP contribution is 2.26. The van der Waals surface area contributed by atoms with Gasteiger partial charge in [0.05, 0.1) is 23.4 Å². The number of hydrogen-bond donors (Lipinski definition) is 1. The lowest BCUT2D eigenvalue weighted by molar-refractivity contribution is 0.0698. The molecule has 1 heterocycles. The Kier molecular flexibility index (Phi) is 7.87. The lowest BCUT2D eigenvalue weighted by Crippen LogP contribution is -2.38. The van der Waals surface area contributed by atoms with Crippen LogP contribution in [0.1, 0.15) is 40.5 Å². The van der Waals surface area contributed by atoms with Crippen LogP contribution in [0.25, 0.3) is 0 Å². The van der Waals surface area contributed by atoms with Crippen LogP contribution in [-0.4, -0.2) is 50.1 Å². The van der Waals surface area contributed by atoms with Crippen molar-refractivity contribution in [2.45, 2.75) is 19.8 Å². The highest BCUT2D eigenvalue weighted by Gasteiger charge is 2.24. The Balaban J connectivity index is 1.79. The predicted molar refractivity (Wildman–Crippen MR) is 120 cm³/mol. The van der Waals surface area contributed by atoms with Crippen LogP contribution in [0.5, 0.6) is 5.75 Å². The van der Waals surface area contributed by atoms with Crippen LogP contribution < -0.4 is 10.1 Å². The molecule has 0 radical (unpaired) electrons. The van der Waals surface area contributed by atoms with Gasteiger partial charge in [0.25, 0.3) is 11.8 Å². The molecule has 0 unspecified atom stereocenters. The average molecular weight is 475 g/mol. The van der Waals surface area contributed by atoms with Crippen LogP contribution in [0, 0.1) is 5.92 Å². The number of methoxy groups -OCH3 is 1. The van der Waals surface area contributed by atoms with Gasteiger partial charge in [-0.3, -0.25) is 9.59 Å². The second-order valence-electron chi connectivity index (χ2n) is 7.46. The van der Waals surface area contributed by atoms with Crippen molar-refractivity contribution in [2.75, 3.05) is 38.7 Å². The summed E-state index contributed by atoms with van der Waals surface area (Å²) < 4.78 is 11.5. The summed E-state index contributed by atoms with van der Waals surface area (Å²) in [7, 11) is 1.59. The summed E-state index contributed by atoms with van der Waals surface area (Å²) in [5, 5.41) is 2.90. The lowest BCUT2D eigenvalue weighted by atomic mass is 9.98. The summed E-state index contributed by atoms with van der Waals surface area (Å²) in [5.74, 6) is 0.707. The van der Waals surface area contributed by atoms with Gasteiger partial charge in [-0.1, -0.05) is 35.0 Å². The minimum Gasteiger partial charge on any atom is -0.490 e. The van der Waals surface area contributed by atoms with Gasteiger partial charge in [-0.2, -0.15) is 0 Å².